The summed E-state index contributed by atoms with van der Waals surface area (Å²) in [6, 6.07) is 0. The molecule has 29 heavy (non-hydrogen) atoms. The Kier molecular flexibility index (Phi) is 12.9. The fraction of sp³-hybridized carbons (Fsp3) is 0.960. The molecule has 0 aromatic carbocycles. The molecule has 1 amide bonds. The molecule has 0 radical (unpaired) electrons. The number of carbonyl (C=O) groups excluding carboxylic acids is 1. The van der Waals surface area contributed by atoms with E-state index < -0.39 is 6.10 Å². The highest BCUT2D eigenvalue weighted by Crippen LogP contribution is 2.38. The van der Waals surface area contributed by atoms with Crippen LogP contribution in [0.5, 0.6) is 0 Å². The molecule has 0 spiro atoms. The Hall–Kier alpha value is -0.610. The van der Waals surface area contributed by atoms with E-state index in [1.807, 2.05) is 0 Å². The van der Waals surface area contributed by atoms with E-state index in [2.05, 4.69) is 6.92 Å². The lowest BCUT2D eigenvalue weighted by Gasteiger charge is -2.26. The molecule has 1 saturated heterocycles. The van der Waals surface area contributed by atoms with Crippen LogP contribution in [0.25, 0.3) is 0 Å². The number of carbonyl (C=O) groups is 1. The smallest absolute Gasteiger partial charge is 0.246 e. The third kappa shape index (κ3) is 10.3. The number of nitrogens with two attached hydrogens (primary N) is 1. The third-order valence-electron chi connectivity index (χ3n) is 7.06. The maximum atomic E-state index is 11.7. The molecule has 2 rings (SSSR count). The molecule has 0 aromatic rings. The van der Waals surface area contributed by atoms with Crippen molar-refractivity contribution in [3.05, 3.63) is 0 Å². The summed E-state index contributed by atoms with van der Waals surface area (Å²) in [5, 5.41) is 0. The summed E-state index contributed by atoms with van der Waals surface area (Å²) in [4.78, 5) is 11.7. The molecule has 2 unspecified atom stereocenters. The monoisotopic (exact) mass is 409 g/mol. The third-order valence-corrected chi connectivity index (χ3v) is 7.06. The standard InChI is InChI=1S/C25H47NO3/c1-2-3-4-5-6-8-14-21-16-13-17-22(21)15-9-7-10-18-23(25(26)27)29-24-19-11-12-20-28-24/h21-24H,2-20H2,1H3,(H2,26,27)/t21-,22-,23?,24?/m0/s1. The molecule has 4 atom stereocenters. The van der Waals surface area contributed by atoms with Gasteiger partial charge in [-0.15, -0.1) is 0 Å². The van der Waals surface area contributed by atoms with E-state index in [1.54, 1.807) is 0 Å². The molecule has 2 N–H and O–H groups in total. The predicted octanol–water partition coefficient (Wildman–Crippen LogP) is 6.50. The Balaban J connectivity index is 1.54. The summed E-state index contributed by atoms with van der Waals surface area (Å²) >= 11 is 0. The van der Waals surface area contributed by atoms with Crippen molar-refractivity contribution in [2.24, 2.45) is 17.6 Å². The van der Waals surface area contributed by atoms with E-state index in [-0.39, 0.29) is 12.2 Å². The lowest BCUT2D eigenvalue weighted by Crippen LogP contribution is -2.36. The van der Waals surface area contributed by atoms with Gasteiger partial charge in [0.25, 0.3) is 0 Å². The average molecular weight is 410 g/mol. The van der Waals surface area contributed by atoms with Crippen molar-refractivity contribution in [1.29, 1.82) is 0 Å². The number of unbranched alkanes of at least 4 members (excludes halogenated alkanes) is 7. The van der Waals surface area contributed by atoms with Crippen LogP contribution in [0.15, 0.2) is 0 Å². The van der Waals surface area contributed by atoms with Crippen molar-refractivity contribution < 1.29 is 14.3 Å². The first-order valence-electron chi connectivity index (χ1n) is 12.8. The minimum atomic E-state index is -0.481. The predicted molar refractivity (Wildman–Crippen MR) is 120 cm³/mol. The summed E-state index contributed by atoms with van der Waals surface area (Å²) in [6.07, 6.45) is 22.2. The van der Waals surface area contributed by atoms with Gasteiger partial charge in [-0.2, -0.15) is 0 Å². The summed E-state index contributed by atoms with van der Waals surface area (Å²) in [5.74, 6) is 1.59. The zero-order valence-corrected chi connectivity index (χ0v) is 19.0. The van der Waals surface area contributed by atoms with Gasteiger partial charge in [-0.25, -0.2) is 0 Å². The van der Waals surface area contributed by atoms with Crippen molar-refractivity contribution in [3.8, 4) is 0 Å². The van der Waals surface area contributed by atoms with Crippen LogP contribution in [0.1, 0.15) is 122 Å². The summed E-state index contributed by atoms with van der Waals surface area (Å²) in [7, 11) is 0. The van der Waals surface area contributed by atoms with Gasteiger partial charge in [0.05, 0.1) is 0 Å². The normalized spacial score (nSPS) is 25.9. The SMILES string of the molecule is CCCCCCCC[C@H]1CCC[C@@H]1CCCCCC(OC1CCCCO1)C(N)=O. The van der Waals surface area contributed by atoms with E-state index in [9.17, 15) is 4.79 Å². The molecule has 1 aliphatic heterocycles. The Labute approximate surface area is 179 Å². The van der Waals surface area contributed by atoms with Crippen LogP contribution < -0.4 is 5.73 Å². The zero-order valence-electron chi connectivity index (χ0n) is 19.0. The first-order chi connectivity index (χ1) is 14.2. The molecular weight excluding hydrogens is 362 g/mol. The topological polar surface area (TPSA) is 61.6 Å². The molecule has 0 aromatic heterocycles. The Morgan fingerprint density at radius 2 is 1.55 bits per heavy atom. The molecule has 4 heteroatoms. The Bertz CT molecular complexity index is 422. The minimum absolute atomic E-state index is 0.234. The van der Waals surface area contributed by atoms with E-state index in [0.29, 0.717) is 0 Å². The van der Waals surface area contributed by atoms with E-state index in [4.69, 9.17) is 15.2 Å². The van der Waals surface area contributed by atoms with Crippen molar-refractivity contribution in [1.82, 2.24) is 0 Å². The second-order valence-electron chi connectivity index (χ2n) is 9.47. The zero-order chi connectivity index (χ0) is 20.7. The van der Waals surface area contributed by atoms with Gasteiger partial charge in [-0.3, -0.25) is 4.79 Å². The minimum Gasteiger partial charge on any atom is -0.367 e. The lowest BCUT2D eigenvalue weighted by molar-refractivity contribution is -0.192. The fourth-order valence-electron chi connectivity index (χ4n) is 5.25. The van der Waals surface area contributed by atoms with Crippen molar-refractivity contribution >= 4 is 5.91 Å². The van der Waals surface area contributed by atoms with Crippen LogP contribution in [0, 0.1) is 11.8 Å². The molecular formula is C25H47NO3. The van der Waals surface area contributed by atoms with Crippen molar-refractivity contribution in [2.45, 2.75) is 135 Å². The van der Waals surface area contributed by atoms with Crippen LogP contribution in [0.2, 0.25) is 0 Å². The number of rotatable bonds is 16. The van der Waals surface area contributed by atoms with Gasteiger partial charge in [0, 0.05) is 6.61 Å². The van der Waals surface area contributed by atoms with Crippen LogP contribution >= 0.6 is 0 Å². The second-order valence-corrected chi connectivity index (χ2v) is 9.47. The number of hydrogen-bond donors (Lipinski definition) is 1. The van der Waals surface area contributed by atoms with Gasteiger partial charge >= 0.3 is 0 Å². The van der Waals surface area contributed by atoms with E-state index >= 15 is 0 Å². The molecule has 4 nitrogen and oxygen atoms in total. The molecule has 1 saturated carbocycles. The largest absolute Gasteiger partial charge is 0.367 e. The molecule has 2 aliphatic rings. The van der Waals surface area contributed by atoms with Gasteiger partial charge in [-0.05, 0) is 37.5 Å². The molecule has 170 valence electrons. The first kappa shape index (κ1) is 24.7. The van der Waals surface area contributed by atoms with E-state index in [1.165, 1.54) is 83.5 Å². The number of primary amides is 1. The molecule has 1 heterocycles. The molecule has 2 fully saturated rings. The highest BCUT2D eigenvalue weighted by molar-refractivity contribution is 5.78. The first-order valence-corrected chi connectivity index (χ1v) is 12.8. The highest BCUT2D eigenvalue weighted by atomic mass is 16.7. The van der Waals surface area contributed by atoms with Crippen LogP contribution in [-0.2, 0) is 14.3 Å². The van der Waals surface area contributed by atoms with Gasteiger partial charge in [0.2, 0.25) is 5.91 Å². The van der Waals surface area contributed by atoms with E-state index in [0.717, 1.165) is 50.5 Å². The summed E-state index contributed by atoms with van der Waals surface area (Å²) < 4.78 is 11.4. The van der Waals surface area contributed by atoms with Crippen molar-refractivity contribution in [3.63, 3.8) is 0 Å². The highest BCUT2D eigenvalue weighted by Gasteiger charge is 2.26. The average Bonchev–Trinajstić information content (AvgIpc) is 3.17. The number of amides is 1. The summed E-state index contributed by atoms with van der Waals surface area (Å²) in [5.41, 5.74) is 5.55. The van der Waals surface area contributed by atoms with Gasteiger partial charge in [0.15, 0.2) is 6.29 Å². The van der Waals surface area contributed by atoms with Crippen LogP contribution in [-0.4, -0.2) is 24.9 Å². The fourth-order valence-corrected chi connectivity index (χ4v) is 5.25. The Morgan fingerprint density at radius 3 is 2.17 bits per heavy atom. The van der Waals surface area contributed by atoms with Crippen molar-refractivity contribution in [2.75, 3.05) is 6.61 Å². The number of hydrogen-bond acceptors (Lipinski definition) is 3. The maximum absolute atomic E-state index is 11.7. The quantitative estimate of drug-likeness (QED) is 0.296. The molecule has 1 aliphatic carbocycles. The van der Waals surface area contributed by atoms with Crippen LogP contribution in [0.3, 0.4) is 0 Å². The number of ether oxygens (including phenoxy) is 2. The van der Waals surface area contributed by atoms with Gasteiger partial charge in [0.1, 0.15) is 6.10 Å². The summed E-state index contributed by atoms with van der Waals surface area (Å²) in [6.45, 7) is 3.02. The maximum Gasteiger partial charge on any atom is 0.246 e. The van der Waals surface area contributed by atoms with Gasteiger partial charge in [-0.1, -0.05) is 96.8 Å². The van der Waals surface area contributed by atoms with Gasteiger partial charge < -0.3 is 15.2 Å². The Morgan fingerprint density at radius 1 is 0.897 bits per heavy atom. The van der Waals surface area contributed by atoms with Crippen LogP contribution in [0.4, 0.5) is 0 Å². The second kappa shape index (κ2) is 15.2. The lowest BCUT2D eigenvalue weighted by atomic mass is 9.86. The molecule has 0 bridgehead atoms.